The van der Waals surface area contributed by atoms with Gasteiger partial charge in [-0.2, -0.15) is 13.2 Å². The lowest BCUT2D eigenvalue weighted by molar-refractivity contribution is -0.0884. The van der Waals surface area contributed by atoms with Crippen molar-refractivity contribution in [2.75, 3.05) is 18.9 Å². The topological polar surface area (TPSA) is 37.4 Å². The molecule has 0 saturated carbocycles. The summed E-state index contributed by atoms with van der Waals surface area (Å²) in [7, 11) is 1.96. The van der Waals surface area contributed by atoms with E-state index in [4.69, 9.17) is 4.74 Å². The van der Waals surface area contributed by atoms with Gasteiger partial charge in [0.2, 0.25) is 0 Å². The van der Waals surface area contributed by atoms with Crippen molar-refractivity contribution in [2.24, 2.45) is 0 Å². The van der Waals surface area contributed by atoms with E-state index < -0.39 is 17.6 Å². The van der Waals surface area contributed by atoms with Crippen LogP contribution in [0.3, 0.4) is 0 Å². The molecule has 1 atom stereocenters. The smallest absolute Gasteiger partial charge is 0.376 e. The largest absolute Gasteiger partial charge is 0.416 e. The summed E-state index contributed by atoms with van der Waals surface area (Å²) in [5, 5.41) is 3.55. The third kappa shape index (κ3) is 6.92. The molecule has 0 aromatic carbocycles. The van der Waals surface area contributed by atoms with Gasteiger partial charge in [0.1, 0.15) is 11.6 Å². The number of nitrogens with zero attached hydrogens (tertiary/aromatic N) is 2. The Morgan fingerprint density at radius 2 is 2.03 bits per heavy atom. The SMILES string of the molecule is C\C=C(F)/C(=C\C(=C\CC)C(F)(F)F)C(/C=C1/C(Nc2nccc3c2COC3)CCCN1C)=C(C)CC. The fourth-order valence-electron chi connectivity index (χ4n) is 4.65. The third-order valence-corrected chi connectivity index (χ3v) is 6.89. The van der Waals surface area contributed by atoms with Gasteiger partial charge in [-0.3, -0.25) is 0 Å². The molecule has 1 unspecified atom stereocenters. The van der Waals surface area contributed by atoms with Gasteiger partial charge in [-0.1, -0.05) is 31.6 Å². The normalized spacial score (nSPS) is 21.3. The summed E-state index contributed by atoms with van der Waals surface area (Å²) in [5.74, 6) is 0.0631. The molecule has 8 heteroatoms. The van der Waals surface area contributed by atoms with Crippen LogP contribution in [0.4, 0.5) is 23.4 Å². The fraction of sp³-hybridized carbons (Fsp3) is 0.483. The number of rotatable bonds is 8. The highest BCUT2D eigenvalue weighted by atomic mass is 19.4. The van der Waals surface area contributed by atoms with Gasteiger partial charge in [0.15, 0.2) is 0 Å². The van der Waals surface area contributed by atoms with Crippen molar-refractivity contribution in [3.05, 3.63) is 81.5 Å². The maximum absolute atomic E-state index is 15.3. The number of likely N-dealkylation sites (N-methyl/N-ethyl adjacent to an activating group) is 1. The number of pyridine rings is 1. The Labute approximate surface area is 217 Å². The van der Waals surface area contributed by atoms with Gasteiger partial charge >= 0.3 is 6.18 Å². The lowest BCUT2D eigenvalue weighted by Gasteiger charge is -2.36. The fourth-order valence-corrected chi connectivity index (χ4v) is 4.65. The molecule has 0 aliphatic carbocycles. The molecule has 1 N–H and O–H groups in total. The second kappa shape index (κ2) is 12.6. The van der Waals surface area contributed by atoms with E-state index in [2.05, 4.69) is 15.2 Å². The van der Waals surface area contributed by atoms with Crippen LogP contribution in [0.1, 0.15) is 64.5 Å². The highest BCUT2D eigenvalue weighted by Crippen LogP contribution is 2.36. The first-order valence-electron chi connectivity index (χ1n) is 12.9. The Morgan fingerprint density at radius 3 is 2.68 bits per heavy atom. The average Bonchev–Trinajstić information content (AvgIpc) is 3.35. The number of halogens is 4. The van der Waals surface area contributed by atoms with Gasteiger partial charge in [-0.25, -0.2) is 9.37 Å². The van der Waals surface area contributed by atoms with Crippen LogP contribution in [-0.2, 0) is 18.0 Å². The van der Waals surface area contributed by atoms with E-state index in [1.807, 2.05) is 33.0 Å². The number of ether oxygens (including phenoxy) is 1. The summed E-state index contributed by atoms with van der Waals surface area (Å²) in [6.07, 6.45) is 4.78. The summed E-state index contributed by atoms with van der Waals surface area (Å²) in [6.45, 7) is 8.71. The van der Waals surface area contributed by atoms with E-state index in [0.717, 1.165) is 59.8 Å². The van der Waals surface area contributed by atoms with Gasteiger partial charge in [0.25, 0.3) is 0 Å². The lowest BCUT2D eigenvalue weighted by Crippen LogP contribution is -2.38. The van der Waals surface area contributed by atoms with Crippen LogP contribution in [0.15, 0.2) is 70.4 Å². The zero-order chi connectivity index (χ0) is 27.2. The molecule has 3 heterocycles. The summed E-state index contributed by atoms with van der Waals surface area (Å²) >= 11 is 0. The number of likely N-dealkylation sites (tertiary alicyclic amines) is 1. The number of aromatic nitrogens is 1. The zero-order valence-corrected chi connectivity index (χ0v) is 22.3. The monoisotopic (exact) mass is 519 g/mol. The van der Waals surface area contributed by atoms with Crippen LogP contribution in [0, 0.1) is 0 Å². The summed E-state index contributed by atoms with van der Waals surface area (Å²) < 4.78 is 62.2. The molecule has 37 heavy (non-hydrogen) atoms. The Hall–Kier alpha value is -2.87. The number of anilines is 1. The molecule has 0 radical (unpaired) electrons. The van der Waals surface area contributed by atoms with E-state index in [-0.39, 0.29) is 18.0 Å². The van der Waals surface area contributed by atoms with Gasteiger partial charge < -0.3 is 15.0 Å². The van der Waals surface area contributed by atoms with Crippen LogP contribution in [0.5, 0.6) is 0 Å². The molecule has 4 nitrogen and oxygen atoms in total. The molecule has 1 aromatic heterocycles. The molecule has 2 aliphatic rings. The van der Waals surface area contributed by atoms with Crippen LogP contribution in [0.2, 0.25) is 0 Å². The number of alkyl halides is 3. The number of piperidine rings is 1. The molecule has 0 amide bonds. The summed E-state index contributed by atoms with van der Waals surface area (Å²) in [4.78, 5) is 6.62. The minimum absolute atomic E-state index is 0.0590. The minimum Gasteiger partial charge on any atom is -0.376 e. The quantitative estimate of drug-likeness (QED) is 0.280. The van der Waals surface area contributed by atoms with Gasteiger partial charge in [-0.05, 0) is 68.9 Å². The first-order chi connectivity index (χ1) is 17.6. The molecule has 3 rings (SSSR count). The van der Waals surface area contributed by atoms with Gasteiger partial charge in [0, 0.05) is 36.6 Å². The maximum atomic E-state index is 15.3. The van der Waals surface area contributed by atoms with Gasteiger partial charge in [-0.15, -0.1) is 0 Å². The standard InChI is InChI=1S/C29H37F4N3O/c1-6-10-21(29(31,32)33)15-23(25(30)8-3)22(19(4)7-2)16-27-26(11-9-14-36(27)5)35-28-24-18-37-17-20(24)12-13-34-28/h8,10,12-13,15-16,26H,6-7,9,11,14,17-18H2,1-5H3,(H,34,35)/b21-10-,22-19?,23-15-,25-8+,27-16-. The first-order valence-corrected chi connectivity index (χ1v) is 12.9. The number of nitrogens with one attached hydrogen (secondary N) is 1. The number of allylic oxidation sites excluding steroid dienone is 9. The van der Waals surface area contributed by atoms with E-state index in [1.165, 1.54) is 13.0 Å². The molecule has 202 valence electrons. The second-order valence-electron chi connectivity index (χ2n) is 9.43. The molecule has 1 saturated heterocycles. The van der Waals surface area contributed by atoms with Crippen molar-refractivity contribution in [2.45, 2.75) is 78.8 Å². The highest BCUT2D eigenvalue weighted by Gasteiger charge is 2.33. The van der Waals surface area contributed by atoms with Crippen LogP contribution >= 0.6 is 0 Å². The first kappa shape index (κ1) is 28.7. The van der Waals surface area contributed by atoms with Crippen molar-refractivity contribution in [3.63, 3.8) is 0 Å². The van der Waals surface area contributed by atoms with E-state index in [1.54, 1.807) is 13.1 Å². The van der Waals surface area contributed by atoms with E-state index in [9.17, 15) is 13.2 Å². The number of hydrogen-bond acceptors (Lipinski definition) is 4. The molecule has 0 spiro atoms. The minimum atomic E-state index is -4.58. The summed E-state index contributed by atoms with van der Waals surface area (Å²) in [5.41, 5.74) is 3.37. The van der Waals surface area contributed by atoms with Crippen LogP contribution in [-0.4, -0.2) is 35.7 Å². The van der Waals surface area contributed by atoms with Crippen molar-refractivity contribution in [1.82, 2.24) is 9.88 Å². The predicted octanol–water partition coefficient (Wildman–Crippen LogP) is 7.93. The Bertz CT molecular complexity index is 1130. The van der Waals surface area contributed by atoms with Crippen molar-refractivity contribution >= 4 is 5.82 Å². The molecule has 0 bridgehead atoms. The molecular formula is C29H37F4N3O. The van der Waals surface area contributed by atoms with Crippen molar-refractivity contribution < 1.29 is 22.3 Å². The van der Waals surface area contributed by atoms with Crippen LogP contribution < -0.4 is 5.32 Å². The average molecular weight is 520 g/mol. The van der Waals surface area contributed by atoms with E-state index in [0.29, 0.717) is 25.2 Å². The number of hydrogen-bond donors (Lipinski definition) is 1. The third-order valence-electron chi connectivity index (χ3n) is 6.89. The maximum Gasteiger partial charge on any atom is 0.416 e. The van der Waals surface area contributed by atoms with Gasteiger partial charge in [0.05, 0.1) is 24.8 Å². The predicted molar refractivity (Wildman–Crippen MR) is 140 cm³/mol. The Morgan fingerprint density at radius 1 is 1.27 bits per heavy atom. The molecule has 2 aliphatic heterocycles. The van der Waals surface area contributed by atoms with Crippen LogP contribution in [0.25, 0.3) is 0 Å². The second-order valence-corrected chi connectivity index (χ2v) is 9.43. The molecule has 1 aromatic rings. The Kier molecular flexibility index (Phi) is 9.76. The van der Waals surface area contributed by atoms with E-state index >= 15 is 4.39 Å². The molecular weight excluding hydrogens is 482 g/mol. The molecule has 1 fully saturated rings. The van der Waals surface area contributed by atoms with Crippen molar-refractivity contribution in [3.8, 4) is 0 Å². The zero-order valence-electron chi connectivity index (χ0n) is 22.3. The highest BCUT2D eigenvalue weighted by molar-refractivity contribution is 5.57. The van der Waals surface area contributed by atoms with Crippen molar-refractivity contribution in [1.29, 1.82) is 0 Å². The number of fused-ring (bicyclic) bond motifs is 1. The summed E-state index contributed by atoms with van der Waals surface area (Å²) in [6, 6.07) is 1.81. The Balaban J connectivity index is 2.13. The lowest BCUT2D eigenvalue weighted by atomic mass is 9.91.